The van der Waals surface area contributed by atoms with Crippen molar-refractivity contribution in [3.8, 4) is 0 Å². The van der Waals surface area contributed by atoms with Gasteiger partial charge < -0.3 is 10.1 Å². The summed E-state index contributed by atoms with van der Waals surface area (Å²) in [5, 5.41) is 3.02. The highest BCUT2D eigenvalue weighted by Gasteiger charge is 2.55. The minimum atomic E-state index is -0.556. The van der Waals surface area contributed by atoms with Gasteiger partial charge in [-0.05, 0) is 18.2 Å². The van der Waals surface area contributed by atoms with Crippen molar-refractivity contribution in [2.24, 2.45) is 11.3 Å². The number of likely N-dealkylation sites (tertiary alicyclic amines) is 1. The number of ether oxygens (including phenoxy) is 1. The molecule has 1 amide bonds. The van der Waals surface area contributed by atoms with Crippen molar-refractivity contribution < 1.29 is 13.9 Å². The van der Waals surface area contributed by atoms with E-state index in [0.717, 1.165) is 12.2 Å². The molecular weight excluding hydrogens is 333 g/mol. The Hall–Kier alpha value is -2.31. The van der Waals surface area contributed by atoms with Crippen molar-refractivity contribution >= 4 is 5.91 Å². The molecule has 2 saturated heterocycles. The highest BCUT2D eigenvalue weighted by atomic mass is 19.1. The number of nitrogens with zero attached hydrogens (tertiary/aromatic N) is 2. The largest absolute Gasteiger partial charge is 0.380 e. The van der Waals surface area contributed by atoms with Gasteiger partial charge in [0.15, 0.2) is 0 Å². The molecular formula is C20H22FN3O2. The second kappa shape index (κ2) is 7.13. The number of hydrogen-bond acceptors (Lipinski definition) is 4. The molecule has 26 heavy (non-hydrogen) atoms. The predicted molar refractivity (Wildman–Crippen MR) is 94.5 cm³/mol. The molecule has 2 aliphatic heterocycles. The number of benzene rings is 1. The highest BCUT2D eigenvalue weighted by Crippen LogP contribution is 2.42. The fourth-order valence-corrected chi connectivity index (χ4v) is 4.00. The van der Waals surface area contributed by atoms with Gasteiger partial charge in [-0.15, -0.1) is 0 Å². The first-order chi connectivity index (χ1) is 12.7. The van der Waals surface area contributed by atoms with Gasteiger partial charge in [-0.25, -0.2) is 4.39 Å². The first-order valence-corrected chi connectivity index (χ1v) is 8.89. The van der Waals surface area contributed by atoms with Crippen LogP contribution in [0.1, 0.15) is 11.3 Å². The summed E-state index contributed by atoms with van der Waals surface area (Å²) in [4.78, 5) is 19.4. The fourth-order valence-electron chi connectivity index (χ4n) is 4.00. The molecule has 0 radical (unpaired) electrons. The number of amides is 1. The zero-order valence-corrected chi connectivity index (χ0v) is 14.5. The van der Waals surface area contributed by atoms with E-state index in [1.54, 1.807) is 18.3 Å². The number of nitrogens with one attached hydrogen (secondary N) is 1. The van der Waals surface area contributed by atoms with E-state index < -0.39 is 5.41 Å². The van der Waals surface area contributed by atoms with Gasteiger partial charge in [0.2, 0.25) is 5.91 Å². The molecule has 3 heterocycles. The van der Waals surface area contributed by atoms with Gasteiger partial charge in [-0.1, -0.05) is 24.3 Å². The van der Waals surface area contributed by atoms with Crippen LogP contribution in [0.15, 0.2) is 48.7 Å². The second-order valence-electron chi connectivity index (χ2n) is 7.13. The maximum atomic E-state index is 14.0. The second-order valence-corrected chi connectivity index (χ2v) is 7.13. The molecule has 0 aliphatic carbocycles. The van der Waals surface area contributed by atoms with Crippen molar-refractivity contribution in [3.05, 3.63) is 65.7 Å². The lowest BCUT2D eigenvalue weighted by Gasteiger charge is -2.26. The quantitative estimate of drug-likeness (QED) is 0.891. The Morgan fingerprint density at radius 3 is 2.96 bits per heavy atom. The van der Waals surface area contributed by atoms with Crippen LogP contribution in [0.5, 0.6) is 0 Å². The molecule has 0 unspecified atom stereocenters. The van der Waals surface area contributed by atoms with Crippen LogP contribution in [-0.4, -0.2) is 42.1 Å². The van der Waals surface area contributed by atoms with Crippen molar-refractivity contribution in [1.29, 1.82) is 0 Å². The molecule has 136 valence electrons. The van der Waals surface area contributed by atoms with Crippen LogP contribution in [0.4, 0.5) is 4.39 Å². The molecule has 6 heteroatoms. The van der Waals surface area contributed by atoms with Crippen LogP contribution in [0.3, 0.4) is 0 Å². The summed E-state index contributed by atoms with van der Waals surface area (Å²) in [6.45, 7) is 3.23. The van der Waals surface area contributed by atoms with E-state index in [1.807, 2.05) is 24.3 Å². The number of pyridine rings is 1. The van der Waals surface area contributed by atoms with Crippen LogP contribution in [-0.2, 0) is 22.6 Å². The number of aromatic nitrogens is 1. The van der Waals surface area contributed by atoms with Gasteiger partial charge in [0.05, 0.1) is 30.9 Å². The number of halogens is 1. The minimum absolute atomic E-state index is 0.00156. The molecule has 0 saturated carbocycles. The predicted octanol–water partition coefficient (Wildman–Crippen LogP) is 1.99. The van der Waals surface area contributed by atoms with Crippen molar-refractivity contribution in [3.63, 3.8) is 0 Å². The van der Waals surface area contributed by atoms with Gasteiger partial charge in [0, 0.05) is 37.3 Å². The first-order valence-electron chi connectivity index (χ1n) is 8.89. The lowest BCUT2D eigenvalue weighted by molar-refractivity contribution is -0.131. The van der Waals surface area contributed by atoms with Crippen LogP contribution in [0.2, 0.25) is 0 Å². The average Bonchev–Trinajstić information content (AvgIpc) is 3.20. The summed E-state index contributed by atoms with van der Waals surface area (Å²) in [7, 11) is 0. The molecule has 1 aromatic carbocycles. The summed E-state index contributed by atoms with van der Waals surface area (Å²) in [5.41, 5.74) is 0.936. The Labute approximate surface area is 152 Å². The summed E-state index contributed by atoms with van der Waals surface area (Å²) < 4.78 is 19.6. The smallest absolute Gasteiger partial charge is 0.230 e. The molecule has 2 atom stereocenters. The Bertz CT molecular complexity index is 786. The average molecular weight is 355 g/mol. The van der Waals surface area contributed by atoms with E-state index in [-0.39, 0.29) is 17.6 Å². The topological polar surface area (TPSA) is 54.5 Å². The van der Waals surface area contributed by atoms with E-state index >= 15 is 0 Å². The molecule has 0 spiro atoms. The Kier molecular flexibility index (Phi) is 4.70. The molecule has 1 aromatic heterocycles. The van der Waals surface area contributed by atoms with Gasteiger partial charge in [-0.3, -0.25) is 14.7 Å². The number of carbonyl (C=O) groups is 1. The van der Waals surface area contributed by atoms with E-state index in [0.29, 0.717) is 38.4 Å². The van der Waals surface area contributed by atoms with Crippen LogP contribution >= 0.6 is 0 Å². The van der Waals surface area contributed by atoms with E-state index in [1.165, 1.54) is 6.07 Å². The third-order valence-corrected chi connectivity index (χ3v) is 5.40. The zero-order chi connectivity index (χ0) is 18.0. The minimum Gasteiger partial charge on any atom is -0.380 e. The summed E-state index contributed by atoms with van der Waals surface area (Å²) >= 11 is 0. The van der Waals surface area contributed by atoms with Gasteiger partial charge in [-0.2, -0.15) is 0 Å². The lowest BCUT2D eigenvalue weighted by Crippen LogP contribution is -2.46. The monoisotopic (exact) mass is 355 g/mol. The number of hydrogen-bond donors (Lipinski definition) is 1. The van der Waals surface area contributed by atoms with Crippen molar-refractivity contribution in [2.45, 2.75) is 13.1 Å². The van der Waals surface area contributed by atoms with Gasteiger partial charge >= 0.3 is 0 Å². The van der Waals surface area contributed by atoms with Crippen LogP contribution in [0.25, 0.3) is 0 Å². The number of fused-ring (bicyclic) bond motifs is 1. The Balaban J connectivity index is 1.44. The van der Waals surface area contributed by atoms with Crippen LogP contribution < -0.4 is 5.32 Å². The maximum Gasteiger partial charge on any atom is 0.230 e. The SMILES string of the molecule is O=C(NCc1ccccn1)[C@@]12COC[C@@H]1CN(Cc1ccccc1F)C2. The normalized spacial score (nSPS) is 25.2. The molecule has 5 nitrogen and oxygen atoms in total. The third kappa shape index (κ3) is 3.22. The molecule has 2 aliphatic rings. The third-order valence-electron chi connectivity index (χ3n) is 5.40. The van der Waals surface area contributed by atoms with E-state index in [4.69, 9.17) is 4.74 Å². The molecule has 2 aromatic rings. The van der Waals surface area contributed by atoms with E-state index in [9.17, 15) is 9.18 Å². The number of rotatable bonds is 5. The molecule has 0 bridgehead atoms. The van der Waals surface area contributed by atoms with Gasteiger partial charge in [0.1, 0.15) is 5.82 Å². The molecule has 4 rings (SSSR count). The highest BCUT2D eigenvalue weighted by molar-refractivity contribution is 5.84. The fraction of sp³-hybridized carbons (Fsp3) is 0.400. The molecule has 2 fully saturated rings. The van der Waals surface area contributed by atoms with Crippen molar-refractivity contribution in [1.82, 2.24) is 15.2 Å². The molecule has 1 N–H and O–H groups in total. The lowest BCUT2D eigenvalue weighted by atomic mass is 9.80. The summed E-state index contributed by atoms with van der Waals surface area (Å²) in [6.07, 6.45) is 1.72. The maximum absolute atomic E-state index is 14.0. The standard InChI is InChI=1S/C20H22FN3O2/c21-18-7-2-1-5-15(18)10-24-11-16-12-26-14-20(16,13-24)19(25)23-9-17-6-3-4-8-22-17/h1-8,16H,9-14H2,(H,23,25)/t16-,20-/m0/s1. The number of carbonyl (C=O) groups excluding carboxylic acids is 1. The summed E-state index contributed by atoms with van der Waals surface area (Å²) in [5.74, 6) is -0.0610. The zero-order valence-electron chi connectivity index (χ0n) is 14.5. The first kappa shape index (κ1) is 17.1. The Morgan fingerprint density at radius 2 is 2.15 bits per heavy atom. The summed E-state index contributed by atoms with van der Waals surface area (Å²) in [6, 6.07) is 12.5. The van der Waals surface area contributed by atoms with Gasteiger partial charge in [0.25, 0.3) is 0 Å². The van der Waals surface area contributed by atoms with Crippen LogP contribution in [0, 0.1) is 17.2 Å². The van der Waals surface area contributed by atoms with E-state index in [2.05, 4.69) is 15.2 Å². The van der Waals surface area contributed by atoms with Crippen molar-refractivity contribution in [2.75, 3.05) is 26.3 Å². The Morgan fingerprint density at radius 1 is 1.31 bits per heavy atom.